The van der Waals surface area contributed by atoms with Crippen LogP contribution in [-0.4, -0.2) is 79.3 Å². The van der Waals surface area contributed by atoms with Crippen LogP contribution < -0.4 is 14.8 Å². The van der Waals surface area contributed by atoms with Gasteiger partial charge in [-0.15, -0.1) is 0 Å². The number of aromatic nitrogens is 1. The number of aliphatic hydroxyl groups is 1. The fourth-order valence-corrected chi connectivity index (χ4v) is 5.91. The molecule has 0 radical (unpaired) electrons. The fourth-order valence-electron chi connectivity index (χ4n) is 4.86. The lowest BCUT2D eigenvalue weighted by Crippen LogP contribution is -2.48. The summed E-state index contributed by atoms with van der Waals surface area (Å²) in [5.41, 5.74) is 2.74. The van der Waals surface area contributed by atoms with E-state index in [1.807, 2.05) is 13.8 Å². The van der Waals surface area contributed by atoms with Gasteiger partial charge < -0.3 is 29.5 Å². The number of urea groups is 1. The van der Waals surface area contributed by atoms with Crippen LogP contribution in [0.15, 0.2) is 51.9 Å². The smallest absolute Gasteiger partial charge is 0.321 e. The highest BCUT2D eigenvalue weighted by Gasteiger charge is 2.32. The summed E-state index contributed by atoms with van der Waals surface area (Å²) >= 11 is 0. The molecule has 13 heteroatoms. The number of carbonyl (C=O) groups excluding carboxylic acids is 2. The zero-order chi connectivity index (χ0) is 31.5. The molecule has 0 fully saturated rings. The Bertz CT molecular complexity index is 1550. The minimum atomic E-state index is -3.88. The molecule has 0 bridgehead atoms. The molecule has 2 heterocycles. The average molecular weight is 614 g/mol. The summed E-state index contributed by atoms with van der Waals surface area (Å²) in [6.45, 7) is 9.22. The molecule has 0 saturated heterocycles. The molecular formula is C30H39N5O7S. The zero-order valence-electron chi connectivity index (χ0n) is 25.2. The molecule has 4 rings (SSSR count). The van der Waals surface area contributed by atoms with Gasteiger partial charge in [-0.25, -0.2) is 13.2 Å². The van der Waals surface area contributed by atoms with Crippen molar-refractivity contribution in [3.8, 4) is 5.75 Å². The summed E-state index contributed by atoms with van der Waals surface area (Å²) < 4.78 is 40.3. The molecule has 43 heavy (non-hydrogen) atoms. The second-order valence-corrected chi connectivity index (χ2v) is 12.8. The lowest BCUT2D eigenvalue weighted by molar-refractivity contribution is -0.134. The second-order valence-electron chi connectivity index (χ2n) is 11.1. The number of ether oxygens (including phenoxy) is 1. The van der Waals surface area contributed by atoms with Crippen LogP contribution in [0.4, 0.5) is 16.2 Å². The molecule has 232 valence electrons. The summed E-state index contributed by atoms with van der Waals surface area (Å²) in [4.78, 5) is 29.8. The van der Waals surface area contributed by atoms with Crippen LogP contribution in [0.2, 0.25) is 0 Å². The molecule has 1 aromatic heterocycles. The van der Waals surface area contributed by atoms with Crippen LogP contribution in [0.3, 0.4) is 0 Å². The Kier molecular flexibility index (Phi) is 9.65. The van der Waals surface area contributed by atoms with Gasteiger partial charge in [-0.2, -0.15) is 0 Å². The fraction of sp³-hybridized carbons (Fsp3) is 0.433. The first kappa shape index (κ1) is 31.8. The SMILES string of the molecule is Cc1ccc(S(=O)(=O)Nc2ccc3c(c2)CC(=O)N([C@H](C)CO)C[C@H](C)[C@@H](CN(C)C(=O)Nc2c(C)noc2C)O3)cc1. The average Bonchev–Trinajstić information content (AvgIpc) is 3.29. The number of sulfonamides is 1. The standard InChI is InChI=1S/C30H39N5O7S/c1-18-7-10-25(11-8-18)43(39,40)33-24-9-12-26-23(13-24)14-28(37)35(20(3)17-36)15-19(2)27(41-26)16-34(6)30(38)31-29-21(4)32-42-22(29)5/h7-13,19-20,27,33,36H,14-17H2,1-6H3,(H,31,38)/t19-,20+,27+/m0/s1. The van der Waals surface area contributed by atoms with Crippen LogP contribution in [0.5, 0.6) is 5.75 Å². The van der Waals surface area contributed by atoms with Gasteiger partial charge in [-0.3, -0.25) is 9.52 Å². The van der Waals surface area contributed by atoms with Gasteiger partial charge in [-0.1, -0.05) is 29.8 Å². The van der Waals surface area contributed by atoms with E-state index in [-0.39, 0.29) is 54.6 Å². The van der Waals surface area contributed by atoms with E-state index >= 15 is 0 Å². The van der Waals surface area contributed by atoms with Crippen molar-refractivity contribution in [1.82, 2.24) is 15.0 Å². The number of carbonyl (C=O) groups is 2. The maximum Gasteiger partial charge on any atom is 0.321 e. The number of anilines is 2. The molecule has 3 amide bonds. The molecule has 1 aliphatic rings. The van der Waals surface area contributed by atoms with Gasteiger partial charge in [0.2, 0.25) is 5.91 Å². The van der Waals surface area contributed by atoms with Crippen molar-refractivity contribution in [2.75, 3.05) is 36.8 Å². The summed E-state index contributed by atoms with van der Waals surface area (Å²) in [6.07, 6.45) is -0.616. The Labute approximate surface area is 252 Å². The van der Waals surface area contributed by atoms with Crippen LogP contribution in [0, 0.1) is 26.7 Å². The maximum atomic E-state index is 13.5. The molecule has 1 aliphatic heterocycles. The number of hydrogen-bond donors (Lipinski definition) is 3. The largest absolute Gasteiger partial charge is 0.488 e. The molecule has 0 aliphatic carbocycles. The molecule has 12 nitrogen and oxygen atoms in total. The highest BCUT2D eigenvalue weighted by atomic mass is 32.2. The first-order valence-electron chi connectivity index (χ1n) is 14.0. The van der Waals surface area contributed by atoms with E-state index in [4.69, 9.17) is 9.26 Å². The normalized spacial score (nSPS) is 18.0. The number of nitrogens with one attached hydrogen (secondary N) is 2. The second kappa shape index (κ2) is 13.0. The highest BCUT2D eigenvalue weighted by Crippen LogP contribution is 2.30. The van der Waals surface area contributed by atoms with Gasteiger partial charge in [0.05, 0.1) is 30.5 Å². The van der Waals surface area contributed by atoms with E-state index in [0.29, 0.717) is 28.5 Å². The van der Waals surface area contributed by atoms with Crippen molar-refractivity contribution in [3.05, 3.63) is 65.0 Å². The first-order valence-corrected chi connectivity index (χ1v) is 15.5. The number of likely N-dealkylation sites (N-methyl/N-ethyl adjacent to an activating group) is 1. The van der Waals surface area contributed by atoms with Crippen molar-refractivity contribution in [2.45, 2.75) is 58.1 Å². The monoisotopic (exact) mass is 613 g/mol. The van der Waals surface area contributed by atoms with Crippen LogP contribution in [0.25, 0.3) is 0 Å². The number of fused-ring (bicyclic) bond motifs is 1. The van der Waals surface area contributed by atoms with E-state index in [0.717, 1.165) is 5.56 Å². The van der Waals surface area contributed by atoms with Crippen LogP contribution >= 0.6 is 0 Å². The third-order valence-electron chi connectivity index (χ3n) is 7.57. The summed E-state index contributed by atoms with van der Waals surface area (Å²) in [5.74, 6) is 0.419. The number of hydrogen-bond acceptors (Lipinski definition) is 8. The lowest BCUT2D eigenvalue weighted by Gasteiger charge is -2.34. The summed E-state index contributed by atoms with van der Waals surface area (Å²) in [7, 11) is -2.24. The number of aliphatic hydroxyl groups excluding tert-OH is 1. The minimum Gasteiger partial charge on any atom is -0.488 e. The van der Waals surface area contributed by atoms with Gasteiger partial charge in [0.1, 0.15) is 23.2 Å². The molecule has 3 aromatic rings. The number of benzene rings is 2. The number of rotatable bonds is 8. The quantitative estimate of drug-likeness (QED) is 0.347. The predicted octanol–water partition coefficient (Wildman–Crippen LogP) is 3.71. The number of amides is 3. The van der Waals surface area contributed by atoms with Crippen molar-refractivity contribution < 1.29 is 32.4 Å². The first-order chi connectivity index (χ1) is 20.3. The van der Waals surface area contributed by atoms with E-state index in [1.54, 1.807) is 63.1 Å². The number of nitrogens with zero attached hydrogens (tertiary/aromatic N) is 3. The Morgan fingerprint density at radius 1 is 1.19 bits per heavy atom. The van der Waals surface area contributed by atoms with Crippen molar-refractivity contribution in [2.24, 2.45) is 5.92 Å². The van der Waals surface area contributed by atoms with E-state index < -0.39 is 22.2 Å². The van der Waals surface area contributed by atoms with Gasteiger partial charge in [0.25, 0.3) is 10.0 Å². The summed E-state index contributed by atoms with van der Waals surface area (Å²) in [6, 6.07) is 10.4. The maximum absolute atomic E-state index is 13.5. The lowest BCUT2D eigenvalue weighted by atomic mass is 10.0. The third-order valence-corrected chi connectivity index (χ3v) is 8.96. The van der Waals surface area contributed by atoms with Gasteiger partial charge in [0.15, 0.2) is 5.76 Å². The Morgan fingerprint density at radius 2 is 1.88 bits per heavy atom. The molecule has 0 unspecified atom stereocenters. The van der Waals surface area contributed by atoms with E-state index in [2.05, 4.69) is 15.2 Å². The molecular weight excluding hydrogens is 574 g/mol. The Morgan fingerprint density at radius 3 is 2.51 bits per heavy atom. The molecule has 3 atom stereocenters. The third kappa shape index (κ3) is 7.46. The molecule has 2 aromatic carbocycles. The Hall–Kier alpha value is -4.10. The van der Waals surface area contributed by atoms with Gasteiger partial charge in [0, 0.05) is 30.8 Å². The van der Waals surface area contributed by atoms with Crippen molar-refractivity contribution in [3.63, 3.8) is 0 Å². The molecule has 3 N–H and O–H groups in total. The van der Waals surface area contributed by atoms with E-state index in [9.17, 15) is 23.1 Å². The number of aryl methyl sites for hydroxylation is 3. The zero-order valence-corrected chi connectivity index (χ0v) is 26.1. The van der Waals surface area contributed by atoms with Gasteiger partial charge >= 0.3 is 6.03 Å². The van der Waals surface area contributed by atoms with E-state index in [1.165, 1.54) is 17.0 Å². The summed E-state index contributed by atoms with van der Waals surface area (Å²) in [5, 5.41) is 16.6. The molecule has 0 saturated carbocycles. The van der Waals surface area contributed by atoms with Gasteiger partial charge in [-0.05, 0) is 58.0 Å². The Balaban J connectivity index is 1.62. The van der Waals surface area contributed by atoms with Crippen LogP contribution in [0.1, 0.15) is 36.4 Å². The molecule has 0 spiro atoms. The highest BCUT2D eigenvalue weighted by molar-refractivity contribution is 7.92. The topological polar surface area (TPSA) is 154 Å². The van der Waals surface area contributed by atoms with Crippen LogP contribution in [-0.2, 0) is 21.2 Å². The predicted molar refractivity (Wildman–Crippen MR) is 162 cm³/mol. The van der Waals surface area contributed by atoms with Crippen molar-refractivity contribution >= 4 is 33.3 Å². The minimum absolute atomic E-state index is 0.0679. The van der Waals surface area contributed by atoms with Crippen molar-refractivity contribution in [1.29, 1.82) is 0 Å².